The fraction of sp³-hybridized carbons (Fsp3) is 0.350. The van der Waals surface area contributed by atoms with Crippen LogP contribution in [-0.2, 0) is 0 Å². The summed E-state index contributed by atoms with van der Waals surface area (Å²) in [4.78, 5) is 15.0. The molecule has 26 heavy (non-hydrogen) atoms. The number of likely N-dealkylation sites (tertiary alicyclic amines) is 1. The third kappa shape index (κ3) is 3.76. The molecule has 2 N–H and O–H groups in total. The number of halogens is 2. The van der Waals surface area contributed by atoms with Gasteiger partial charge in [-0.25, -0.2) is 0 Å². The second-order valence-electron chi connectivity index (χ2n) is 6.67. The molecule has 3 rings (SSSR count). The maximum absolute atomic E-state index is 13.1. The van der Waals surface area contributed by atoms with E-state index in [0.717, 1.165) is 6.42 Å². The number of aryl methyl sites for hydroxylation is 1. The smallest absolute Gasteiger partial charge is 0.257 e. The quantitative estimate of drug-likeness (QED) is 0.768. The Labute approximate surface area is 165 Å². The molecular weight excluding hydrogens is 371 g/mol. The van der Waals surface area contributed by atoms with Crippen molar-refractivity contribution in [3.63, 3.8) is 0 Å². The minimum atomic E-state index is -0.0673. The van der Waals surface area contributed by atoms with Crippen LogP contribution < -0.4 is 10.5 Å². The lowest BCUT2D eigenvalue weighted by molar-refractivity contribution is 0.0742. The second-order valence-corrected chi connectivity index (χ2v) is 7.08. The molecule has 1 fully saturated rings. The Kier molecular flexibility index (Phi) is 6.43. The first-order chi connectivity index (χ1) is 11.9. The van der Waals surface area contributed by atoms with E-state index < -0.39 is 0 Å². The van der Waals surface area contributed by atoms with Crippen LogP contribution in [-0.4, -0.2) is 30.5 Å². The average molecular weight is 395 g/mol. The predicted octanol–water partition coefficient (Wildman–Crippen LogP) is 4.68. The number of benzene rings is 2. The van der Waals surface area contributed by atoms with Gasteiger partial charge in [-0.2, -0.15) is 0 Å². The first-order valence-electron chi connectivity index (χ1n) is 8.42. The molecule has 140 valence electrons. The number of amides is 1. The highest BCUT2D eigenvalue weighted by atomic mass is 35.5. The van der Waals surface area contributed by atoms with Crippen molar-refractivity contribution in [1.29, 1.82) is 0 Å². The van der Waals surface area contributed by atoms with E-state index in [4.69, 9.17) is 22.1 Å². The maximum Gasteiger partial charge on any atom is 0.257 e. The molecular formula is C20H24Cl2N2O2. The molecule has 0 bridgehead atoms. The van der Waals surface area contributed by atoms with Gasteiger partial charge in [0.25, 0.3) is 5.91 Å². The van der Waals surface area contributed by atoms with E-state index in [1.165, 1.54) is 18.2 Å². The standard InChI is InChI=1S/C20H23ClN2O2.ClH/c1-12-6-4-5-7-15(12)14-8-13(2)23(11-14)20(24)16-9-17(21)18(22)10-19(16)25-3;/h4-7,9-10,13-14H,8,11,22H2,1-3H3;1H. The topological polar surface area (TPSA) is 55.6 Å². The Morgan fingerprint density at radius 3 is 2.65 bits per heavy atom. The summed E-state index contributed by atoms with van der Waals surface area (Å²) in [6.07, 6.45) is 0.946. The Balaban J connectivity index is 0.00000243. The molecule has 0 aliphatic carbocycles. The van der Waals surface area contributed by atoms with Crippen LogP contribution in [0.5, 0.6) is 5.75 Å². The molecule has 2 aromatic carbocycles. The van der Waals surface area contributed by atoms with Crippen LogP contribution in [0.1, 0.15) is 40.7 Å². The number of hydrogen-bond acceptors (Lipinski definition) is 3. The van der Waals surface area contributed by atoms with Gasteiger partial charge in [0.1, 0.15) is 5.75 Å². The summed E-state index contributed by atoms with van der Waals surface area (Å²) < 4.78 is 5.34. The number of rotatable bonds is 3. The van der Waals surface area contributed by atoms with E-state index in [0.29, 0.717) is 34.5 Å². The lowest BCUT2D eigenvalue weighted by atomic mass is 9.93. The van der Waals surface area contributed by atoms with Crippen molar-refractivity contribution >= 4 is 35.6 Å². The van der Waals surface area contributed by atoms with E-state index in [9.17, 15) is 4.79 Å². The summed E-state index contributed by atoms with van der Waals surface area (Å²) in [5.41, 5.74) is 9.26. The summed E-state index contributed by atoms with van der Waals surface area (Å²) in [5, 5.41) is 0.367. The van der Waals surface area contributed by atoms with Crippen LogP contribution in [0.15, 0.2) is 36.4 Å². The van der Waals surface area contributed by atoms with Crippen LogP contribution in [0.25, 0.3) is 0 Å². The van der Waals surface area contributed by atoms with Crippen LogP contribution >= 0.6 is 24.0 Å². The first-order valence-corrected chi connectivity index (χ1v) is 8.79. The minimum absolute atomic E-state index is 0. The van der Waals surface area contributed by atoms with Crippen molar-refractivity contribution in [1.82, 2.24) is 4.90 Å². The molecule has 0 saturated carbocycles. The Bertz CT molecular complexity index is 810. The van der Waals surface area contributed by atoms with Gasteiger partial charge >= 0.3 is 0 Å². The molecule has 2 aromatic rings. The molecule has 2 atom stereocenters. The minimum Gasteiger partial charge on any atom is -0.496 e. The number of ether oxygens (including phenoxy) is 1. The van der Waals surface area contributed by atoms with Gasteiger partial charge in [-0.3, -0.25) is 4.79 Å². The average Bonchev–Trinajstić information content (AvgIpc) is 2.98. The van der Waals surface area contributed by atoms with Gasteiger partial charge in [0.05, 0.1) is 23.4 Å². The number of anilines is 1. The number of nitrogens with zero attached hydrogens (tertiary/aromatic N) is 1. The van der Waals surface area contributed by atoms with Gasteiger partial charge in [-0.05, 0) is 37.5 Å². The Morgan fingerprint density at radius 2 is 2.00 bits per heavy atom. The molecule has 1 heterocycles. The summed E-state index contributed by atoms with van der Waals surface area (Å²) in [7, 11) is 1.53. The van der Waals surface area contributed by atoms with Gasteiger partial charge in [-0.15, -0.1) is 12.4 Å². The predicted molar refractivity (Wildman–Crippen MR) is 109 cm³/mol. The second kappa shape index (κ2) is 8.19. The largest absolute Gasteiger partial charge is 0.496 e. The number of carbonyl (C=O) groups excluding carboxylic acids is 1. The van der Waals surface area contributed by atoms with Crippen molar-refractivity contribution < 1.29 is 9.53 Å². The number of carbonyl (C=O) groups is 1. The molecule has 1 aliphatic rings. The molecule has 1 aliphatic heterocycles. The fourth-order valence-electron chi connectivity index (χ4n) is 3.64. The monoisotopic (exact) mass is 394 g/mol. The van der Waals surface area contributed by atoms with Crippen LogP contribution in [0.2, 0.25) is 5.02 Å². The van der Waals surface area contributed by atoms with Crippen LogP contribution in [0.4, 0.5) is 5.69 Å². The van der Waals surface area contributed by atoms with E-state index in [2.05, 4.69) is 32.0 Å². The molecule has 4 nitrogen and oxygen atoms in total. The zero-order chi connectivity index (χ0) is 18.1. The van der Waals surface area contributed by atoms with E-state index >= 15 is 0 Å². The summed E-state index contributed by atoms with van der Waals surface area (Å²) in [6, 6.07) is 11.7. The Hall–Kier alpha value is -1.91. The van der Waals surface area contributed by atoms with Crippen molar-refractivity contribution in [3.8, 4) is 5.75 Å². The first kappa shape index (κ1) is 20.4. The summed E-state index contributed by atoms with van der Waals surface area (Å²) in [5.74, 6) is 0.733. The van der Waals surface area contributed by atoms with Crippen molar-refractivity contribution in [2.45, 2.75) is 32.2 Å². The fourth-order valence-corrected chi connectivity index (χ4v) is 3.81. The molecule has 0 spiro atoms. The third-order valence-electron chi connectivity index (χ3n) is 5.01. The molecule has 1 amide bonds. The highest BCUT2D eigenvalue weighted by Crippen LogP contribution is 2.36. The van der Waals surface area contributed by atoms with Gasteiger partial charge in [0.2, 0.25) is 0 Å². The van der Waals surface area contributed by atoms with E-state index in [-0.39, 0.29) is 24.4 Å². The highest BCUT2D eigenvalue weighted by molar-refractivity contribution is 6.33. The van der Waals surface area contributed by atoms with Crippen LogP contribution in [0, 0.1) is 6.92 Å². The number of nitrogen functional groups attached to an aromatic ring is 1. The molecule has 1 saturated heterocycles. The normalized spacial score (nSPS) is 19.2. The Morgan fingerprint density at radius 1 is 1.31 bits per heavy atom. The SMILES string of the molecule is COc1cc(N)c(Cl)cc1C(=O)N1CC(c2ccccc2C)CC1C.Cl. The van der Waals surface area contributed by atoms with Crippen molar-refractivity contribution in [2.24, 2.45) is 0 Å². The molecule has 0 aromatic heterocycles. The van der Waals surface area contributed by atoms with Gasteiger partial charge in [-0.1, -0.05) is 35.9 Å². The number of methoxy groups -OCH3 is 1. The van der Waals surface area contributed by atoms with E-state index in [1.807, 2.05) is 11.0 Å². The van der Waals surface area contributed by atoms with Gasteiger partial charge in [0.15, 0.2) is 0 Å². The maximum atomic E-state index is 13.1. The zero-order valence-electron chi connectivity index (χ0n) is 15.2. The zero-order valence-corrected chi connectivity index (χ0v) is 16.7. The number of nitrogens with two attached hydrogens (primary N) is 1. The third-order valence-corrected chi connectivity index (χ3v) is 5.34. The van der Waals surface area contributed by atoms with Gasteiger partial charge < -0.3 is 15.4 Å². The lowest BCUT2D eigenvalue weighted by Gasteiger charge is -2.23. The van der Waals surface area contributed by atoms with Crippen molar-refractivity contribution in [2.75, 3.05) is 19.4 Å². The molecule has 0 radical (unpaired) electrons. The number of hydrogen-bond donors (Lipinski definition) is 1. The van der Waals surface area contributed by atoms with Crippen molar-refractivity contribution in [3.05, 3.63) is 58.1 Å². The molecule has 2 unspecified atom stereocenters. The summed E-state index contributed by atoms with van der Waals surface area (Å²) >= 11 is 6.12. The highest BCUT2D eigenvalue weighted by Gasteiger charge is 2.35. The van der Waals surface area contributed by atoms with Crippen LogP contribution in [0.3, 0.4) is 0 Å². The van der Waals surface area contributed by atoms with E-state index in [1.54, 1.807) is 12.1 Å². The molecule has 6 heteroatoms. The lowest BCUT2D eigenvalue weighted by Crippen LogP contribution is -2.34. The van der Waals surface area contributed by atoms with Gasteiger partial charge in [0, 0.05) is 24.6 Å². The summed E-state index contributed by atoms with van der Waals surface area (Å²) in [6.45, 7) is 4.89.